The topological polar surface area (TPSA) is 127 Å². The molecule has 0 saturated carbocycles. The van der Waals surface area contributed by atoms with Crippen LogP contribution >= 0.6 is 15.9 Å². The first-order valence-corrected chi connectivity index (χ1v) is 8.83. The van der Waals surface area contributed by atoms with E-state index in [1.165, 1.54) is 6.42 Å². The molecule has 2 aliphatic rings. The summed E-state index contributed by atoms with van der Waals surface area (Å²) in [5, 5.41) is 28.0. The Kier molecular flexibility index (Phi) is 7.12. The first kappa shape index (κ1) is 19.9. The van der Waals surface area contributed by atoms with Gasteiger partial charge in [0.15, 0.2) is 0 Å². The Hall–Kier alpha value is -2.44. The molecule has 3 N–H and O–H groups in total. The third-order valence-electron chi connectivity index (χ3n) is 4.26. The van der Waals surface area contributed by atoms with E-state index in [0.29, 0.717) is 24.6 Å². The Bertz CT molecular complexity index is 719. The van der Waals surface area contributed by atoms with E-state index in [-0.39, 0.29) is 0 Å². The quantitative estimate of drug-likeness (QED) is 0.490. The lowest BCUT2D eigenvalue weighted by molar-refractivity contribution is -0.134. The summed E-state index contributed by atoms with van der Waals surface area (Å²) in [7, 11) is 0. The number of fused-ring (bicyclic) bond motifs is 1. The van der Waals surface area contributed by atoms with Crippen LogP contribution in [0.1, 0.15) is 12.0 Å². The van der Waals surface area contributed by atoms with Gasteiger partial charge in [-0.1, -0.05) is 0 Å². The third kappa shape index (κ3) is 5.54. The van der Waals surface area contributed by atoms with E-state index in [9.17, 15) is 9.59 Å². The molecule has 2 atom stereocenters. The molecule has 2 aliphatic heterocycles. The maximum atomic E-state index is 9.55. The molecule has 1 aromatic rings. The molecule has 0 bridgehead atoms. The van der Waals surface area contributed by atoms with Gasteiger partial charge in [-0.15, -0.1) is 0 Å². The number of carbonyl (C=O) groups is 2. The van der Waals surface area contributed by atoms with E-state index >= 15 is 0 Å². The molecule has 9 heteroatoms. The van der Waals surface area contributed by atoms with Crippen molar-refractivity contribution in [1.29, 1.82) is 5.26 Å². The van der Waals surface area contributed by atoms with Crippen molar-refractivity contribution < 1.29 is 19.8 Å². The molecule has 2 fully saturated rings. The Labute approximate surface area is 159 Å². The minimum Gasteiger partial charge on any atom is -0.478 e. The fourth-order valence-corrected chi connectivity index (χ4v) is 3.42. The number of nitrogens with zero attached hydrogens (tertiary/aromatic N) is 3. The van der Waals surface area contributed by atoms with Gasteiger partial charge in [0.05, 0.1) is 24.4 Å². The lowest BCUT2D eigenvalue weighted by Gasteiger charge is -2.20. The summed E-state index contributed by atoms with van der Waals surface area (Å²) < 4.78 is 0.783. The van der Waals surface area contributed by atoms with Crippen LogP contribution in [0.15, 0.2) is 29.0 Å². The molecule has 0 radical (unpaired) electrons. The number of anilines is 1. The molecule has 2 saturated heterocycles. The van der Waals surface area contributed by atoms with Gasteiger partial charge in [0.1, 0.15) is 4.60 Å². The van der Waals surface area contributed by atoms with Gasteiger partial charge < -0.3 is 20.4 Å². The van der Waals surface area contributed by atoms with E-state index in [2.05, 4.69) is 43.3 Å². The zero-order chi connectivity index (χ0) is 19.1. The number of carboxylic acids is 2. The van der Waals surface area contributed by atoms with Crippen molar-refractivity contribution >= 4 is 33.6 Å². The summed E-state index contributed by atoms with van der Waals surface area (Å²) >= 11 is 3.40. The molecule has 0 aliphatic carbocycles. The monoisotopic (exact) mass is 422 g/mol. The van der Waals surface area contributed by atoms with Crippen molar-refractivity contribution in [3.05, 3.63) is 34.6 Å². The molecule has 0 unspecified atom stereocenters. The SMILES string of the molecule is N#CCc1cc(N2C[C@H]3CCN[C@H]3C2)cnc1Br.O=C(O)C=CC(=O)O. The molecule has 3 rings (SSSR count). The number of hydrogen-bond donors (Lipinski definition) is 3. The van der Waals surface area contributed by atoms with Crippen LogP contribution in [-0.2, 0) is 16.0 Å². The maximum absolute atomic E-state index is 9.55. The van der Waals surface area contributed by atoms with Gasteiger partial charge in [0.2, 0.25) is 0 Å². The van der Waals surface area contributed by atoms with Gasteiger partial charge in [-0.3, -0.25) is 0 Å². The average molecular weight is 423 g/mol. The fraction of sp³-hybridized carbons (Fsp3) is 0.412. The summed E-state index contributed by atoms with van der Waals surface area (Å²) in [5.41, 5.74) is 2.11. The number of aliphatic carboxylic acids is 2. The average Bonchev–Trinajstić information content (AvgIpc) is 3.17. The Morgan fingerprint density at radius 3 is 2.65 bits per heavy atom. The van der Waals surface area contributed by atoms with Crippen molar-refractivity contribution in [2.24, 2.45) is 5.92 Å². The highest BCUT2D eigenvalue weighted by Crippen LogP contribution is 2.30. The zero-order valence-electron chi connectivity index (χ0n) is 13.9. The molecular weight excluding hydrogens is 404 g/mol. The number of halogens is 1. The van der Waals surface area contributed by atoms with Crippen LogP contribution in [-0.4, -0.2) is 52.8 Å². The molecule has 0 amide bonds. The minimum absolute atomic E-state index is 0.403. The minimum atomic E-state index is -1.26. The van der Waals surface area contributed by atoms with E-state index < -0.39 is 11.9 Å². The molecule has 8 nitrogen and oxygen atoms in total. The van der Waals surface area contributed by atoms with Crippen LogP contribution in [0.3, 0.4) is 0 Å². The second-order valence-electron chi connectivity index (χ2n) is 6.00. The summed E-state index contributed by atoms with van der Waals surface area (Å²) in [5.74, 6) is -1.74. The van der Waals surface area contributed by atoms with Crippen molar-refractivity contribution in [3.63, 3.8) is 0 Å². The number of carboxylic acid groups (broad SMARTS) is 2. The lowest BCUT2D eigenvalue weighted by atomic mass is 10.1. The van der Waals surface area contributed by atoms with Crippen molar-refractivity contribution in [2.75, 3.05) is 24.5 Å². The number of hydrogen-bond acceptors (Lipinski definition) is 6. The van der Waals surface area contributed by atoms with Gasteiger partial charge in [-0.2, -0.15) is 5.26 Å². The lowest BCUT2D eigenvalue weighted by Crippen LogP contribution is -2.30. The number of aromatic nitrogens is 1. The second-order valence-corrected chi connectivity index (χ2v) is 6.75. The first-order valence-electron chi connectivity index (χ1n) is 8.04. The van der Waals surface area contributed by atoms with Gasteiger partial charge in [0, 0.05) is 36.8 Å². The Balaban J connectivity index is 0.000000260. The van der Waals surface area contributed by atoms with Gasteiger partial charge >= 0.3 is 11.9 Å². The molecule has 0 aromatic carbocycles. The summed E-state index contributed by atoms with van der Waals surface area (Å²) in [6.45, 7) is 3.31. The highest BCUT2D eigenvalue weighted by Gasteiger charge is 2.36. The van der Waals surface area contributed by atoms with E-state index in [1.807, 2.05) is 6.20 Å². The second kappa shape index (κ2) is 9.31. The highest BCUT2D eigenvalue weighted by molar-refractivity contribution is 9.10. The Morgan fingerprint density at radius 2 is 2.08 bits per heavy atom. The number of nitrogens with one attached hydrogen (secondary N) is 1. The standard InChI is InChI=1S/C13H15BrN4.C4H4O4/c14-13-9(1-3-15)5-11(6-17-13)18-7-10-2-4-16-12(10)8-18;5-3(6)1-2-4(7)8/h5-6,10,12,16H,1-2,4,7-8H2;1-2H,(H,5,6)(H,7,8)/t10-,12+;/m1./s1. The normalized spacial score (nSPS) is 21.0. The summed E-state index contributed by atoms with van der Waals surface area (Å²) in [6, 6.07) is 4.90. The zero-order valence-corrected chi connectivity index (χ0v) is 15.5. The molecule has 1 aromatic heterocycles. The number of pyridine rings is 1. The fourth-order valence-electron chi connectivity index (χ4n) is 3.07. The summed E-state index contributed by atoms with van der Waals surface area (Å²) in [4.78, 5) is 25.8. The van der Waals surface area contributed by atoms with Crippen LogP contribution in [0, 0.1) is 17.2 Å². The Morgan fingerprint density at radius 1 is 1.38 bits per heavy atom. The van der Waals surface area contributed by atoms with Crippen LogP contribution in [0.5, 0.6) is 0 Å². The van der Waals surface area contributed by atoms with Gasteiger partial charge in [0.25, 0.3) is 0 Å². The first-order chi connectivity index (χ1) is 12.4. The maximum Gasteiger partial charge on any atom is 0.328 e. The third-order valence-corrected chi connectivity index (χ3v) is 4.98. The smallest absolute Gasteiger partial charge is 0.328 e. The number of nitriles is 1. The highest BCUT2D eigenvalue weighted by atomic mass is 79.9. The van der Waals surface area contributed by atoms with E-state index in [4.69, 9.17) is 15.5 Å². The van der Waals surface area contributed by atoms with Crippen molar-refractivity contribution in [3.8, 4) is 6.07 Å². The predicted octanol–water partition coefficient (Wildman–Crippen LogP) is 1.42. The largest absolute Gasteiger partial charge is 0.478 e. The van der Waals surface area contributed by atoms with Crippen molar-refractivity contribution in [1.82, 2.24) is 10.3 Å². The van der Waals surface area contributed by atoms with Crippen LogP contribution in [0.4, 0.5) is 5.69 Å². The molecule has 0 spiro atoms. The van der Waals surface area contributed by atoms with Crippen LogP contribution < -0.4 is 10.2 Å². The molecule has 26 heavy (non-hydrogen) atoms. The molecule has 3 heterocycles. The van der Waals surface area contributed by atoms with Gasteiger partial charge in [-0.05, 0) is 40.9 Å². The molecular formula is C17H19BrN4O4. The molecule has 138 valence electrons. The van der Waals surface area contributed by atoms with Crippen LogP contribution in [0.2, 0.25) is 0 Å². The summed E-state index contributed by atoms with van der Waals surface area (Å²) in [6.07, 6.45) is 4.69. The van der Waals surface area contributed by atoms with E-state index in [1.54, 1.807) is 0 Å². The van der Waals surface area contributed by atoms with E-state index in [0.717, 1.165) is 41.4 Å². The predicted molar refractivity (Wildman–Crippen MR) is 97.8 cm³/mol. The van der Waals surface area contributed by atoms with Crippen molar-refractivity contribution in [2.45, 2.75) is 18.9 Å². The van der Waals surface area contributed by atoms with Gasteiger partial charge in [-0.25, -0.2) is 14.6 Å². The number of rotatable bonds is 4. The van der Waals surface area contributed by atoms with Crippen LogP contribution in [0.25, 0.3) is 0 Å².